The van der Waals surface area contributed by atoms with Crippen LogP contribution in [0.3, 0.4) is 0 Å². The first-order valence-corrected chi connectivity index (χ1v) is 6.36. The van der Waals surface area contributed by atoms with E-state index in [9.17, 15) is 4.39 Å². The van der Waals surface area contributed by atoms with Gasteiger partial charge < -0.3 is 5.73 Å². The lowest BCUT2D eigenvalue weighted by atomic mass is 10.1. The number of pyridine rings is 1. The largest absolute Gasteiger partial charge is 0.368 e. The zero-order valence-corrected chi connectivity index (χ0v) is 11.0. The van der Waals surface area contributed by atoms with Gasteiger partial charge in [0.1, 0.15) is 11.3 Å². The summed E-state index contributed by atoms with van der Waals surface area (Å²) in [4.78, 5) is 13.0. The molecule has 0 aliphatic heterocycles. The average Bonchev–Trinajstić information content (AvgIpc) is 2.46. The van der Waals surface area contributed by atoms with E-state index < -0.39 is 0 Å². The van der Waals surface area contributed by atoms with Crippen molar-refractivity contribution in [2.75, 3.05) is 5.73 Å². The normalized spacial score (nSPS) is 10.9. The molecule has 5 heteroatoms. The topological polar surface area (TPSA) is 64.7 Å². The number of hydrogen-bond acceptors (Lipinski definition) is 4. The first kappa shape index (κ1) is 12.5. The van der Waals surface area contributed by atoms with Crippen LogP contribution >= 0.6 is 0 Å². The Hall–Kier alpha value is -2.56. The molecule has 1 aromatic carbocycles. The molecule has 0 atom stereocenters. The molecule has 0 aliphatic carbocycles. The molecule has 3 aromatic rings. The van der Waals surface area contributed by atoms with Crippen molar-refractivity contribution in [2.45, 2.75) is 13.3 Å². The highest BCUT2D eigenvalue weighted by Crippen LogP contribution is 2.22. The third-order valence-electron chi connectivity index (χ3n) is 3.11. The zero-order valence-electron chi connectivity index (χ0n) is 11.0. The Morgan fingerprint density at radius 2 is 1.75 bits per heavy atom. The molecule has 0 saturated heterocycles. The number of aryl methyl sites for hydroxylation is 1. The molecule has 2 N–H and O–H groups in total. The highest BCUT2D eigenvalue weighted by atomic mass is 19.1. The van der Waals surface area contributed by atoms with Gasteiger partial charge in [-0.05, 0) is 42.8 Å². The summed E-state index contributed by atoms with van der Waals surface area (Å²) in [7, 11) is 0. The number of rotatable bonds is 2. The molecule has 0 saturated carbocycles. The molecule has 0 amide bonds. The van der Waals surface area contributed by atoms with Crippen LogP contribution in [0.2, 0.25) is 0 Å². The van der Waals surface area contributed by atoms with Gasteiger partial charge in [-0.15, -0.1) is 0 Å². The summed E-state index contributed by atoms with van der Waals surface area (Å²) in [6.45, 7) is 1.99. The average molecular weight is 268 g/mol. The van der Waals surface area contributed by atoms with Crippen molar-refractivity contribution in [3.8, 4) is 11.3 Å². The lowest BCUT2D eigenvalue weighted by molar-refractivity contribution is 0.628. The number of nitrogens with zero attached hydrogens (tertiary/aromatic N) is 3. The standard InChI is InChI=1S/C15H13FN4/c1-2-11-14-13(20-15(17)19-11)8-7-12(18-14)9-3-5-10(16)6-4-9/h3-8H,2H2,1H3,(H2,17,19,20). The Bertz CT molecular complexity index is 769. The van der Waals surface area contributed by atoms with Crippen molar-refractivity contribution in [2.24, 2.45) is 0 Å². The van der Waals surface area contributed by atoms with Crippen molar-refractivity contribution in [1.82, 2.24) is 15.0 Å². The number of hydrogen-bond donors (Lipinski definition) is 1. The third kappa shape index (κ3) is 2.18. The molecule has 4 nitrogen and oxygen atoms in total. The monoisotopic (exact) mass is 268 g/mol. The van der Waals surface area contributed by atoms with Crippen molar-refractivity contribution in [3.05, 3.63) is 47.9 Å². The van der Waals surface area contributed by atoms with Gasteiger partial charge in [-0.3, -0.25) is 0 Å². The lowest BCUT2D eigenvalue weighted by Gasteiger charge is -2.06. The summed E-state index contributed by atoms with van der Waals surface area (Å²) < 4.78 is 13.0. The first-order valence-electron chi connectivity index (χ1n) is 6.36. The van der Waals surface area contributed by atoms with E-state index in [2.05, 4.69) is 15.0 Å². The summed E-state index contributed by atoms with van der Waals surface area (Å²) >= 11 is 0. The van der Waals surface area contributed by atoms with Crippen LogP contribution in [0.25, 0.3) is 22.3 Å². The number of aromatic nitrogens is 3. The van der Waals surface area contributed by atoms with Crippen LogP contribution in [0.4, 0.5) is 10.3 Å². The van der Waals surface area contributed by atoms with Gasteiger partial charge in [0, 0.05) is 5.56 Å². The number of benzene rings is 1. The first-order chi connectivity index (χ1) is 9.67. The molecule has 0 unspecified atom stereocenters. The molecule has 0 radical (unpaired) electrons. The molecule has 2 heterocycles. The van der Waals surface area contributed by atoms with Crippen molar-refractivity contribution in [1.29, 1.82) is 0 Å². The Kier molecular flexibility index (Phi) is 3.02. The zero-order chi connectivity index (χ0) is 14.1. The number of nitrogen functional groups attached to an aromatic ring is 1. The van der Waals surface area contributed by atoms with Gasteiger partial charge in [-0.2, -0.15) is 0 Å². The predicted octanol–water partition coefficient (Wildman–Crippen LogP) is 2.98. The van der Waals surface area contributed by atoms with Gasteiger partial charge in [0.2, 0.25) is 5.95 Å². The maximum absolute atomic E-state index is 13.0. The van der Waals surface area contributed by atoms with Gasteiger partial charge in [-0.1, -0.05) is 6.92 Å². The summed E-state index contributed by atoms with van der Waals surface area (Å²) in [5, 5.41) is 0. The molecule has 2 aromatic heterocycles. The molecule has 0 bridgehead atoms. The molecular weight excluding hydrogens is 255 g/mol. The fourth-order valence-corrected chi connectivity index (χ4v) is 2.12. The molecule has 20 heavy (non-hydrogen) atoms. The second-order valence-electron chi connectivity index (χ2n) is 4.45. The second-order valence-corrected chi connectivity index (χ2v) is 4.45. The highest BCUT2D eigenvalue weighted by molar-refractivity contribution is 5.80. The van der Waals surface area contributed by atoms with E-state index in [1.807, 2.05) is 19.1 Å². The van der Waals surface area contributed by atoms with Crippen LogP contribution in [0.15, 0.2) is 36.4 Å². The Morgan fingerprint density at radius 1 is 1.00 bits per heavy atom. The summed E-state index contributed by atoms with van der Waals surface area (Å²) in [5.41, 5.74) is 9.57. The fraction of sp³-hybridized carbons (Fsp3) is 0.133. The van der Waals surface area contributed by atoms with Gasteiger partial charge in [0.25, 0.3) is 0 Å². The van der Waals surface area contributed by atoms with E-state index in [0.717, 1.165) is 34.4 Å². The van der Waals surface area contributed by atoms with Crippen LogP contribution in [-0.2, 0) is 6.42 Å². The van der Waals surface area contributed by atoms with Crippen molar-refractivity contribution in [3.63, 3.8) is 0 Å². The SMILES string of the molecule is CCc1nc(N)nc2ccc(-c3ccc(F)cc3)nc12. The summed E-state index contributed by atoms with van der Waals surface area (Å²) in [6.07, 6.45) is 0.725. The van der Waals surface area contributed by atoms with E-state index in [0.29, 0.717) is 0 Å². The van der Waals surface area contributed by atoms with Crippen molar-refractivity contribution < 1.29 is 4.39 Å². The predicted molar refractivity (Wildman–Crippen MR) is 76.5 cm³/mol. The van der Waals surface area contributed by atoms with E-state index in [1.54, 1.807) is 12.1 Å². The molecule has 100 valence electrons. The lowest BCUT2D eigenvalue weighted by Crippen LogP contribution is -2.01. The smallest absolute Gasteiger partial charge is 0.220 e. The third-order valence-corrected chi connectivity index (χ3v) is 3.11. The van der Waals surface area contributed by atoms with Gasteiger partial charge in [0.15, 0.2) is 0 Å². The Labute approximate surface area is 115 Å². The van der Waals surface area contributed by atoms with Gasteiger partial charge in [0.05, 0.1) is 16.9 Å². The van der Waals surface area contributed by atoms with E-state index in [4.69, 9.17) is 5.73 Å². The fourth-order valence-electron chi connectivity index (χ4n) is 2.12. The van der Waals surface area contributed by atoms with Crippen LogP contribution in [0.5, 0.6) is 0 Å². The van der Waals surface area contributed by atoms with E-state index in [1.165, 1.54) is 12.1 Å². The molecule has 0 aliphatic rings. The molecule has 3 rings (SSSR count). The highest BCUT2D eigenvalue weighted by Gasteiger charge is 2.08. The van der Waals surface area contributed by atoms with Gasteiger partial charge >= 0.3 is 0 Å². The summed E-state index contributed by atoms with van der Waals surface area (Å²) in [5.74, 6) is -0.00873. The van der Waals surface area contributed by atoms with Gasteiger partial charge in [-0.25, -0.2) is 19.3 Å². The number of anilines is 1. The van der Waals surface area contributed by atoms with Crippen LogP contribution in [0.1, 0.15) is 12.6 Å². The quantitative estimate of drug-likeness (QED) is 0.776. The molecule has 0 spiro atoms. The molecule has 0 fully saturated rings. The minimum absolute atomic E-state index is 0.255. The number of fused-ring (bicyclic) bond motifs is 1. The second kappa shape index (κ2) is 4.85. The van der Waals surface area contributed by atoms with Crippen LogP contribution in [0, 0.1) is 5.82 Å². The maximum atomic E-state index is 13.0. The van der Waals surface area contributed by atoms with Crippen LogP contribution < -0.4 is 5.73 Å². The number of halogens is 1. The Balaban J connectivity index is 2.19. The number of nitrogens with two attached hydrogens (primary N) is 1. The van der Waals surface area contributed by atoms with Crippen molar-refractivity contribution >= 4 is 17.0 Å². The minimum atomic E-state index is -0.264. The van der Waals surface area contributed by atoms with E-state index >= 15 is 0 Å². The summed E-state index contributed by atoms with van der Waals surface area (Å²) in [6, 6.07) is 9.95. The minimum Gasteiger partial charge on any atom is -0.368 e. The maximum Gasteiger partial charge on any atom is 0.220 e. The Morgan fingerprint density at radius 3 is 2.45 bits per heavy atom. The molecular formula is C15H13FN4. The van der Waals surface area contributed by atoms with E-state index in [-0.39, 0.29) is 11.8 Å². The van der Waals surface area contributed by atoms with Crippen LogP contribution in [-0.4, -0.2) is 15.0 Å².